The molecule has 98 valence electrons. The maximum absolute atomic E-state index is 13.5. The van der Waals surface area contributed by atoms with E-state index in [2.05, 4.69) is 4.90 Å². The summed E-state index contributed by atoms with van der Waals surface area (Å²) in [5, 5.41) is 0. The molecular weight excluding hydrogens is 251 g/mol. The van der Waals surface area contributed by atoms with Gasteiger partial charge in [-0.25, -0.2) is 4.39 Å². The Labute approximate surface area is 112 Å². The fourth-order valence-electron chi connectivity index (χ4n) is 2.18. The minimum atomic E-state index is -0.295. The summed E-state index contributed by atoms with van der Waals surface area (Å²) in [5.41, 5.74) is 7.02. The maximum atomic E-state index is 13.5. The van der Waals surface area contributed by atoms with E-state index in [0.29, 0.717) is 12.1 Å². The third-order valence-electron chi connectivity index (χ3n) is 2.97. The average molecular weight is 268 g/mol. The Balaban J connectivity index is 2.10. The zero-order valence-corrected chi connectivity index (χ0v) is 11.2. The second-order valence-corrected chi connectivity index (χ2v) is 5.07. The van der Waals surface area contributed by atoms with Crippen LogP contribution in [-0.2, 0) is 11.3 Å². The van der Waals surface area contributed by atoms with Gasteiger partial charge < -0.3 is 10.5 Å². The summed E-state index contributed by atoms with van der Waals surface area (Å²) in [6.07, 6.45) is 0.224. The Bertz CT molecular complexity index is 453. The Morgan fingerprint density at radius 2 is 2.33 bits per heavy atom. The van der Waals surface area contributed by atoms with Crippen LogP contribution in [0.3, 0.4) is 0 Å². The summed E-state index contributed by atoms with van der Waals surface area (Å²) < 4.78 is 18.9. The summed E-state index contributed by atoms with van der Waals surface area (Å²) in [5.74, 6) is -0.295. The predicted octanol–water partition coefficient (Wildman–Crippen LogP) is 1.68. The number of hydrogen-bond donors (Lipinski definition) is 1. The van der Waals surface area contributed by atoms with Gasteiger partial charge in [0.2, 0.25) is 0 Å². The van der Waals surface area contributed by atoms with Crippen LogP contribution >= 0.6 is 12.2 Å². The van der Waals surface area contributed by atoms with E-state index < -0.39 is 0 Å². The lowest BCUT2D eigenvalue weighted by atomic mass is 10.1. The van der Waals surface area contributed by atoms with Crippen LogP contribution in [0.15, 0.2) is 18.2 Å². The van der Waals surface area contributed by atoms with Crippen molar-refractivity contribution in [2.24, 2.45) is 5.73 Å². The molecule has 5 heteroatoms. The van der Waals surface area contributed by atoms with Crippen LogP contribution in [0, 0.1) is 5.82 Å². The van der Waals surface area contributed by atoms with Gasteiger partial charge in [-0.05, 0) is 30.7 Å². The zero-order valence-electron chi connectivity index (χ0n) is 10.4. The van der Waals surface area contributed by atoms with Crippen LogP contribution in [0.5, 0.6) is 0 Å². The Morgan fingerprint density at radius 3 is 3.00 bits per heavy atom. The zero-order chi connectivity index (χ0) is 13.1. The van der Waals surface area contributed by atoms with Gasteiger partial charge in [-0.15, -0.1) is 0 Å². The summed E-state index contributed by atoms with van der Waals surface area (Å²) in [4.78, 5) is 2.47. The number of rotatable bonds is 3. The monoisotopic (exact) mass is 268 g/mol. The fourth-order valence-corrected chi connectivity index (χ4v) is 2.29. The van der Waals surface area contributed by atoms with E-state index in [4.69, 9.17) is 22.7 Å². The smallest absolute Gasteiger partial charge is 0.124 e. The second kappa shape index (κ2) is 5.73. The normalized spacial score (nSPS) is 20.9. The average Bonchev–Trinajstić information content (AvgIpc) is 2.28. The quantitative estimate of drug-likeness (QED) is 0.847. The molecule has 3 nitrogen and oxygen atoms in total. The molecule has 2 rings (SSSR count). The van der Waals surface area contributed by atoms with Crippen molar-refractivity contribution >= 4 is 17.2 Å². The highest BCUT2D eigenvalue weighted by Gasteiger charge is 2.17. The Hall–Kier alpha value is -1.04. The van der Waals surface area contributed by atoms with E-state index >= 15 is 0 Å². The molecule has 18 heavy (non-hydrogen) atoms. The third-order valence-corrected chi connectivity index (χ3v) is 3.21. The van der Waals surface area contributed by atoms with Crippen LogP contribution in [0.4, 0.5) is 4.39 Å². The largest absolute Gasteiger partial charge is 0.389 e. The first kappa shape index (κ1) is 13.4. The van der Waals surface area contributed by atoms with Gasteiger partial charge in [-0.3, -0.25) is 4.90 Å². The van der Waals surface area contributed by atoms with Gasteiger partial charge in [-0.1, -0.05) is 12.2 Å². The number of nitrogens with zero attached hydrogens (tertiary/aromatic N) is 1. The van der Waals surface area contributed by atoms with E-state index in [-0.39, 0.29) is 16.9 Å². The molecule has 1 aliphatic rings. The van der Waals surface area contributed by atoms with Gasteiger partial charge in [0, 0.05) is 25.2 Å². The molecule has 0 aliphatic carbocycles. The Kier molecular flexibility index (Phi) is 4.27. The molecule has 1 atom stereocenters. The number of benzene rings is 1. The van der Waals surface area contributed by atoms with E-state index in [0.717, 1.165) is 25.3 Å². The van der Waals surface area contributed by atoms with Crippen molar-refractivity contribution in [3.63, 3.8) is 0 Å². The molecular formula is C13H17FN2OS. The van der Waals surface area contributed by atoms with Crippen LogP contribution in [-0.4, -0.2) is 35.7 Å². The summed E-state index contributed by atoms with van der Waals surface area (Å²) in [7, 11) is 0. The lowest BCUT2D eigenvalue weighted by Crippen LogP contribution is -2.40. The molecule has 2 N–H and O–H groups in total. The third kappa shape index (κ3) is 3.48. The van der Waals surface area contributed by atoms with Crippen molar-refractivity contribution in [2.75, 3.05) is 19.7 Å². The molecule has 1 aliphatic heterocycles. The number of morpholine rings is 1. The molecule has 1 aromatic carbocycles. The standard InChI is InChI=1S/C13H17FN2OS/c1-9-7-16(2-3-17-9)8-10-4-11(13(15)18)6-12(14)5-10/h4-6,9H,2-3,7-8H2,1H3,(H2,15,18). The first-order chi connectivity index (χ1) is 8.54. The number of halogens is 1. The number of nitrogens with two attached hydrogens (primary N) is 1. The van der Waals surface area contributed by atoms with Crippen molar-refractivity contribution in [1.82, 2.24) is 4.90 Å². The molecule has 1 unspecified atom stereocenters. The highest BCUT2D eigenvalue weighted by Crippen LogP contribution is 2.14. The molecule has 0 radical (unpaired) electrons. The van der Waals surface area contributed by atoms with Crippen LogP contribution in [0.2, 0.25) is 0 Å². The van der Waals surface area contributed by atoms with Crippen molar-refractivity contribution in [2.45, 2.75) is 19.6 Å². The minimum absolute atomic E-state index is 0.224. The van der Waals surface area contributed by atoms with Crippen LogP contribution in [0.1, 0.15) is 18.1 Å². The van der Waals surface area contributed by atoms with Gasteiger partial charge in [0.25, 0.3) is 0 Å². The lowest BCUT2D eigenvalue weighted by Gasteiger charge is -2.31. The van der Waals surface area contributed by atoms with Crippen molar-refractivity contribution in [3.05, 3.63) is 35.1 Å². The molecule has 1 saturated heterocycles. The van der Waals surface area contributed by atoms with E-state index in [9.17, 15) is 4.39 Å². The number of hydrogen-bond acceptors (Lipinski definition) is 3. The predicted molar refractivity (Wildman–Crippen MR) is 73.0 cm³/mol. The summed E-state index contributed by atoms with van der Waals surface area (Å²) in [6.45, 7) is 5.18. The van der Waals surface area contributed by atoms with Crippen molar-refractivity contribution < 1.29 is 9.13 Å². The molecule has 0 saturated carbocycles. The van der Waals surface area contributed by atoms with Crippen LogP contribution in [0.25, 0.3) is 0 Å². The second-order valence-electron chi connectivity index (χ2n) is 4.63. The van der Waals surface area contributed by atoms with Crippen molar-refractivity contribution in [3.8, 4) is 0 Å². The van der Waals surface area contributed by atoms with Gasteiger partial charge in [0.1, 0.15) is 10.8 Å². The molecule has 1 fully saturated rings. The highest BCUT2D eigenvalue weighted by molar-refractivity contribution is 7.80. The molecule has 1 aromatic rings. The number of thiocarbonyl (C=S) groups is 1. The van der Waals surface area contributed by atoms with Gasteiger partial charge in [0.05, 0.1) is 12.7 Å². The lowest BCUT2D eigenvalue weighted by molar-refractivity contribution is -0.0212. The van der Waals surface area contributed by atoms with Gasteiger partial charge in [0.15, 0.2) is 0 Å². The fraction of sp³-hybridized carbons (Fsp3) is 0.462. The topological polar surface area (TPSA) is 38.5 Å². The highest BCUT2D eigenvalue weighted by atomic mass is 32.1. The minimum Gasteiger partial charge on any atom is -0.389 e. The summed E-state index contributed by atoms with van der Waals surface area (Å²) in [6, 6.07) is 4.75. The molecule has 0 bridgehead atoms. The molecule has 0 spiro atoms. The van der Waals surface area contributed by atoms with E-state index in [1.54, 1.807) is 0 Å². The molecule has 0 aromatic heterocycles. The van der Waals surface area contributed by atoms with Gasteiger partial charge in [-0.2, -0.15) is 0 Å². The van der Waals surface area contributed by atoms with Gasteiger partial charge >= 0.3 is 0 Å². The number of ether oxygens (including phenoxy) is 1. The Morgan fingerprint density at radius 1 is 1.56 bits per heavy atom. The van der Waals surface area contributed by atoms with Crippen molar-refractivity contribution in [1.29, 1.82) is 0 Å². The first-order valence-electron chi connectivity index (χ1n) is 5.98. The summed E-state index contributed by atoms with van der Waals surface area (Å²) >= 11 is 4.88. The maximum Gasteiger partial charge on any atom is 0.124 e. The molecule has 0 amide bonds. The van der Waals surface area contributed by atoms with E-state index in [1.165, 1.54) is 12.1 Å². The van der Waals surface area contributed by atoms with E-state index in [1.807, 2.05) is 13.0 Å². The van der Waals surface area contributed by atoms with Crippen LogP contribution < -0.4 is 5.73 Å². The SMILES string of the molecule is CC1CN(Cc2cc(F)cc(C(N)=S)c2)CCO1. The molecule has 1 heterocycles. The first-order valence-corrected chi connectivity index (χ1v) is 6.38.